The van der Waals surface area contributed by atoms with Gasteiger partial charge >= 0.3 is 5.69 Å². The molecule has 112 valence electrons. The third-order valence-corrected chi connectivity index (χ3v) is 3.79. The predicted octanol–water partition coefficient (Wildman–Crippen LogP) is 1.70. The second-order valence-corrected chi connectivity index (χ2v) is 5.35. The largest absolute Gasteiger partial charge is 0.473 e. The van der Waals surface area contributed by atoms with Crippen LogP contribution in [0.2, 0.25) is 0 Å². The normalized spacial score (nSPS) is 10.6. The fraction of sp³-hybridized carbons (Fsp3) is 0.143. The van der Waals surface area contributed by atoms with Gasteiger partial charge in [-0.1, -0.05) is 28.1 Å². The highest BCUT2D eigenvalue weighted by atomic mass is 79.9. The second-order valence-electron chi connectivity index (χ2n) is 4.49. The first kappa shape index (κ1) is 14.5. The van der Waals surface area contributed by atoms with Gasteiger partial charge in [-0.25, -0.2) is 9.78 Å². The molecular weight excluding hydrogens is 350 g/mol. The van der Waals surface area contributed by atoms with Gasteiger partial charge in [0.25, 0.3) is 0 Å². The zero-order valence-electron chi connectivity index (χ0n) is 11.7. The van der Waals surface area contributed by atoms with Crippen molar-refractivity contribution in [1.82, 2.24) is 24.8 Å². The van der Waals surface area contributed by atoms with E-state index in [9.17, 15) is 4.79 Å². The smallest absolute Gasteiger partial charge is 0.368 e. The minimum Gasteiger partial charge on any atom is -0.473 e. The molecule has 1 aromatic carbocycles. The maximum atomic E-state index is 12.0. The number of ether oxygens (including phenoxy) is 1. The lowest BCUT2D eigenvalue weighted by Crippen LogP contribution is -2.23. The van der Waals surface area contributed by atoms with Crippen LogP contribution in [0.25, 0.3) is 5.69 Å². The number of pyridine rings is 1. The van der Waals surface area contributed by atoms with E-state index in [0.29, 0.717) is 11.6 Å². The van der Waals surface area contributed by atoms with E-state index in [-0.39, 0.29) is 12.3 Å². The number of benzene rings is 1. The van der Waals surface area contributed by atoms with Crippen molar-refractivity contribution in [3.8, 4) is 11.6 Å². The highest BCUT2D eigenvalue weighted by Gasteiger charge is 2.14. The summed E-state index contributed by atoms with van der Waals surface area (Å²) in [7, 11) is 1.55. The summed E-state index contributed by atoms with van der Waals surface area (Å²) < 4.78 is 8.90. The van der Waals surface area contributed by atoms with Gasteiger partial charge in [-0.05, 0) is 28.6 Å². The van der Waals surface area contributed by atoms with Crippen LogP contribution in [-0.2, 0) is 13.7 Å². The molecule has 2 aromatic heterocycles. The van der Waals surface area contributed by atoms with Crippen LogP contribution in [0, 0.1) is 0 Å². The number of halogens is 1. The van der Waals surface area contributed by atoms with Crippen molar-refractivity contribution in [3.63, 3.8) is 0 Å². The molecule has 0 aliphatic heterocycles. The van der Waals surface area contributed by atoms with E-state index in [4.69, 9.17) is 4.74 Å². The molecule has 0 aliphatic carbocycles. The summed E-state index contributed by atoms with van der Waals surface area (Å²) in [4.78, 5) is 16.1. The van der Waals surface area contributed by atoms with Gasteiger partial charge < -0.3 is 4.74 Å². The molecule has 22 heavy (non-hydrogen) atoms. The molecule has 0 fully saturated rings. The highest BCUT2D eigenvalue weighted by molar-refractivity contribution is 9.10. The Morgan fingerprint density at radius 3 is 2.73 bits per heavy atom. The Bertz CT molecular complexity index is 844. The van der Waals surface area contributed by atoms with Crippen LogP contribution in [0.4, 0.5) is 0 Å². The number of aryl methyl sites for hydroxylation is 1. The summed E-state index contributed by atoms with van der Waals surface area (Å²) in [5.74, 6) is 0.510. The van der Waals surface area contributed by atoms with Gasteiger partial charge in [0.1, 0.15) is 6.61 Å². The van der Waals surface area contributed by atoms with Crippen LogP contribution >= 0.6 is 15.9 Å². The highest BCUT2D eigenvalue weighted by Crippen LogP contribution is 2.24. The molecule has 7 nitrogen and oxygen atoms in total. The number of hydrogen-bond acceptors (Lipinski definition) is 5. The van der Waals surface area contributed by atoms with Crippen LogP contribution < -0.4 is 10.4 Å². The van der Waals surface area contributed by atoms with E-state index in [1.165, 1.54) is 9.36 Å². The summed E-state index contributed by atoms with van der Waals surface area (Å²) in [5, 5.41) is 7.60. The van der Waals surface area contributed by atoms with Crippen LogP contribution in [0.3, 0.4) is 0 Å². The monoisotopic (exact) mass is 361 g/mol. The van der Waals surface area contributed by atoms with Crippen molar-refractivity contribution in [1.29, 1.82) is 0 Å². The first-order chi connectivity index (χ1) is 10.7. The molecule has 0 aliphatic rings. The lowest BCUT2D eigenvalue weighted by atomic mass is 10.2. The molecule has 0 amide bonds. The summed E-state index contributed by atoms with van der Waals surface area (Å²) in [6, 6.07) is 10.9. The molecule has 0 radical (unpaired) electrons. The van der Waals surface area contributed by atoms with Crippen molar-refractivity contribution < 1.29 is 4.74 Å². The van der Waals surface area contributed by atoms with E-state index in [0.717, 1.165) is 10.0 Å². The van der Waals surface area contributed by atoms with Gasteiger partial charge in [-0.3, -0.25) is 0 Å². The fourth-order valence-corrected chi connectivity index (χ4v) is 2.40. The SMILES string of the molecule is Cn1nnn(-c2cccc(Br)c2COc2ccccn2)c1=O. The summed E-state index contributed by atoms with van der Waals surface area (Å²) in [6.07, 6.45) is 1.66. The van der Waals surface area contributed by atoms with Gasteiger partial charge in [0.05, 0.1) is 5.69 Å². The molecule has 0 saturated heterocycles. The molecule has 0 spiro atoms. The number of tetrazole rings is 1. The van der Waals surface area contributed by atoms with Crippen molar-refractivity contribution in [2.75, 3.05) is 0 Å². The van der Waals surface area contributed by atoms with E-state index >= 15 is 0 Å². The lowest BCUT2D eigenvalue weighted by Gasteiger charge is -2.11. The Labute approximate surface area is 134 Å². The average molecular weight is 362 g/mol. The quantitative estimate of drug-likeness (QED) is 0.706. The predicted molar refractivity (Wildman–Crippen MR) is 82.9 cm³/mol. The second kappa shape index (κ2) is 6.10. The molecular formula is C14H12BrN5O2. The molecule has 3 aromatic rings. The minimum atomic E-state index is -0.322. The van der Waals surface area contributed by atoms with Crippen molar-refractivity contribution in [2.45, 2.75) is 6.61 Å². The van der Waals surface area contributed by atoms with E-state index in [1.54, 1.807) is 25.4 Å². The molecule has 0 unspecified atom stereocenters. The zero-order valence-corrected chi connectivity index (χ0v) is 13.3. The number of aromatic nitrogens is 5. The Morgan fingerprint density at radius 2 is 2.05 bits per heavy atom. The topological polar surface area (TPSA) is 74.8 Å². The number of rotatable bonds is 4. The third kappa shape index (κ3) is 2.77. The van der Waals surface area contributed by atoms with Crippen LogP contribution in [-0.4, -0.2) is 24.8 Å². The Kier molecular flexibility index (Phi) is 4.01. The first-order valence-corrected chi connectivity index (χ1v) is 7.26. The van der Waals surface area contributed by atoms with E-state index in [1.807, 2.05) is 24.3 Å². The standard InChI is InChI=1S/C14H12BrN5O2/c1-19-14(21)20(18-17-19)12-6-4-5-11(15)10(12)9-22-13-7-2-3-8-16-13/h2-8H,9H2,1H3. The van der Waals surface area contributed by atoms with E-state index < -0.39 is 0 Å². The first-order valence-electron chi connectivity index (χ1n) is 6.47. The van der Waals surface area contributed by atoms with Crippen LogP contribution in [0.1, 0.15) is 5.56 Å². The van der Waals surface area contributed by atoms with Gasteiger partial charge in [0.2, 0.25) is 5.88 Å². The van der Waals surface area contributed by atoms with Crippen molar-refractivity contribution >= 4 is 15.9 Å². The number of nitrogens with zero attached hydrogens (tertiary/aromatic N) is 5. The van der Waals surface area contributed by atoms with Gasteiger partial charge in [0.15, 0.2) is 0 Å². The van der Waals surface area contributed by atoms with Gasteiger partial charge in [-0.15, -0.1) is 0 Å². The summed E-state index contributed by atoms with van der Waals surface area (Å²) >= 11 is 3.48. The van der Waals surface area contributed by atoms with Crippen molar-refractivity contribution in [2.24, 2.45) is 7.05 Å². The zero-order chi connectivity index (χ0) is 15.5. The maximum Gasteiger partial charge on any atom is 0.368 e. The molecule has 0 saturated carbocycles. The lowest BCUT2D eigenvalue weighted by molar-refractivity contribution is 0.292. The molecule has 3 rings (SSSR count). The summed E-state index contributed by atoms with van der Waals surface area (Å²) in [5.41, 5.74) is 1.08. The minimum absolute atomic E-state index is 0.247. The molecule has 2 heterocycles. The van der Waals surface area contributed by atoms with Crippen LogP contribution in [0.5, 0.6) is 5.88 Å². The summed E-state index contributed by atoms with van der Waals surface area (Å²) in [6.45, 7) is 0.247. The Morgan fingerprint density at radius 1 is 1.18 bits per heavy atom. The van der Waals surface area contributed by atoms with Crippen LogP contribution in [0.15, 0.2) is 51.9 Å². The third-order valence-electron chi connectivity index (χ3n) is 3.05. The molecule has 0 atom stereocenters. The van der Waals surface area contributed by atoms with Crippen molar-refractivity contribution in [3.05, 3.63) is 63.1 Å². The average Bonchev–Trinajstić information content (AvgIpc) is 2.86. The number of hydrogen-bond donors (Lipinski definition) is 0. The van der Waals surface area contributed by atoms with E-state index in [2.05, 4.69) is 31.3 Å². The Hall–Kier alpha value is -2.48. The maximum absolute atomic E-state index is 12.0. The Balaban J connectivity index is 1.97. The molecule has 8 heteroatoms. The van der Waals surface area contributed by atoms with Gasteiger partial charge in [-0.2, -0.15) is 9.36 Å². The molecule has 0 bridgehead atoms. The molecule has 0 N–H and O–H groups in total. The fourth-order valence-electron chi connectivity index (χ4n) is 1.93. The van der Waals surface area contributed by atoms with Gasteiger partial charge in [0, 0.05) is 29.3 Å².